The Morgan fingerprint density at radius 1 is 1.56 bits per heavy atom. The Bertz CT molecular complexity index is 77.1. The first-order valence-electron chi connectivity index (χ1n) is 3.48. The lowest BCUT2D eigenvalue weighted by molar-refractivity contribution is 0.109. The van der Waals surface area contributed by atoms with E-state index < -0.39 is 0 Å². The first-order chi connectivity index (χ1) is 4.38. The third-order valence-corrected chi connectivity index (χ3v) is 2.13. The minimum Gasteiger partial charge on any atom is -0.330 e. The molecule has 1 saturated carbocycles. The van der Waals surface area contributed by atoms with E-state index in [1.807, 2.05) is 0 Å². The number of hydrogen-bond acceptors (Lipinski definition) is 3. The van der Waals surface area contributed by atoms with Crippen LogP contribution in [0.2, 0.25) is 0 Å². The summed E-state index contributed by atoms with van der Waals surface area (Å²) in [5, 5.41) is 8.56. The Morgan fingerprint density at radius 2 is 2.33 bits per heavy atom. The molecule has 3 heteroatoms. The molecule has 0 radical (unpaired) electrons. The van der Waals surface area contributed by atoms with E-state index in [0.29, 0.717) is 12.5 Å². The number of rotatable bonds is 2. The molecule has 4 N–H and O–H groups in total. The molecule has 0 aromatic heterocycles. The number of nitrogens with two attached hydrogens (primary N) is 1. The van der Waals surface area contributed by atoms with Crippen molar-refractivity contribution in [2.75, 3.05) is 6.54 Å². The Morgan fingerprint density at radius 3 is 2.78 bits per heavy atom. The largest absolute Gasteiger partial charge is 0.330 e. The fourth-order valence-electron chi connectivity index (χ4n) is 1.49. The SMILES string of the molecule is NCC1CCCC1NO. The minimum atomic E-state index is 0.259. The van der Waals surface area contributed by atoms with Crippen molar-refractivity contribution in [3.05, 3.63) is 0 Å². The van der Waals surface area contributed by atoms with Gasteiger partial charge in [-0.2, -0.15) is 0 Å². The maximum Gasteiger partial charge on any atom is 0.0359 e. The lowest BCUT2D eigenvalue weighted by atomic mass is 10.1. The fraction of sp³-hybridized carbons (Fsp3) is 1.00. The van der Waals surface area contributed by atoms with Crippen LogP contribution in [0.3, 0.4) is 0 Å². The van der Waals surface area contributed by atoms with Crippen molar-refractivity contribution in [3.63, 3.8) is 0 Å². The second kappa shape index (κ2) is 3.15. The van der Waals surface area contributed by atoms with Crippen LogP contribution in [0.25, 0.3) is 0 Å². The first-order valence-corrected chi connectivity index (χ1v) is 3.48. The van der Waals surface area contributed by atoms with Crippen LogP contribution in [0.15, 0.2) is 0 Å². The number of nitrogens with one attached hydrogen (secondary N) is 1. The average Bonchev–Trinajstić information content (AvgIpc) is 2.33. The molecule has 9 heavy (non-hydrogen) atoms. The molecule has 2 atom stereocenters. The second-order valence-corrected chi connectivity index (χ2v) is 2.66. The summed E-state index contributed by atoms with van der Waals surface area (Å²) >= 11 is 0. The first kappa shape index (κ1) is 6.99. The van der Waals surface area contributed by atoms with Crippen molar-refractivity contribution in [3.8, 4) is 0 Å². The molecule has 0 saturated heterocycles. The van der Waals surface area contributed by atoms with E-state index >= 15 is 0 Å². The van der Waals surface area contributed by atoms with E-state index in [-0.39, 0.29) is 6.04 Å². The molecule has 0 spiro atoms. The van der Waals surface area contributed by atoms with Crippen molar-refractivity contribution in [1.29, 1.82) is 0 Å². The van der Waals surface area contributed by atoms with Crippen molar-refractivity contribution < 1.29 is 5.21 Å². The van der Waals surface area contributed by atoms with Crippen molar-refractivity contribution in [2.24, 2.45) is 11.7 Å². The molecule has 54 valence electrons. The lowest BCUT2D eigenvalue weighted by Gasteiger charge is -2.14. The van der Waals surface area contributed by atoms with Crippen LogP contribution in [0.1, 0.15) is 19.3 Å². The standard InChI is InChI=1S/C6H14N2O/c7-4-5-2-1-3-6(5)8-9/h5-6,8-9H,1-4,7H2. The number of hydrogen-bond donors (Lipinski definition) is 3. The van der Waals surface area contributed by atoms with Crippen molar-refractivity contribution >= 4 is 0 Å². The zero-order valence-electron chi connectivity index (χ0n) is 5.51. The van der Waals surface area contributed by atoms with Crippen LogP contribution in [0.4, 0.5) is 0 Å². The van der Waals surface area contributed by atoms with Gasteiger partial charge in [0, 0.05) is 6.04 Å². The summed E-state index contributed by atoms with van der Waals surface area (Å²) in [6.45, 7) is 0.693. The van der Waals surface area contributed by atoms with Crippen molar-refractivity contribution in [2.45, 2.75) is 25.3 Å². The van der Waals surface area contributed by atoms with Crippen LogP contribution in [-0.2, 0) is 0 Å². The van der Waals surface area contributed by atoms with E-state index in [1.165, 1.54) is 6.42 Å². The van der Waals surface area contributed by atoms with Crippen LogP contribution in [0, 0.1) is 5.92 Å². The maximum absolute atomic E-state index is 8.56. The highest BCUT2D eigenvalue weighted by Crippen LogP contribution is 2.23. The summed E-state index contributed by atoms with van der Waals surface area (Å²) < 4.78 is 0. The third kappa shape index (κ3) is 1.41. The highest BCUT2D eigenvalue weighted by Gasteiger charge is 2.24. The molecular weight excluding hydrogens is 116 g/mol. The lowest BCUT2D eigenvalue weighted by Crippen LogP contribution is -2.33. The highest BCUT2D eigenvalue weighted by atomic mass is 16.5. The quantitative estimate of drug-likeness (QED) is 0.464. The van der Waals surface area contributed by atoms with Gasteiger partial charge in [0.05, 0.1) is 0 Å². The highest BCUT2D eigenvalue weighted by molar-refractivity contribution is 4.80. The van der Waals surface area contributed by atoms with Crippen LogP contribution in [0.5, 0.6) is 0 Å². The molecule has 1 aliphatic carbocycles. The molecule has 0 bridgehead atoms. The van der Waals surface area contributed by atoms with Gasteiger partial charge in [0.15, 0.2) is 0 Å². The summed E-state index contributed by atoms with van der Waals surface area (Å²) in [4.78, 5) is 0. The van der Waals surface area contributed by atoms with Crippen LogP contribution in [-0.4, -0.2) is 17.8 Å². The molecule has 0 heterocycles. The third-order valence-electron chi connectivity index (χ3n) is 2.13. The Kier molecular flexibility index (Phi) is 2.45. The molecular formula is C6H14N2O. The Balaban J connectivity index is 2.32. The summed E-state index contributed by atoms with van der Waals surface area (Å²) in [6.07, 6.45) is 3.42. The van der Waals surface area contributed by atoms with Gasteiger partial charge in [-0.3, -0.25) is 0 Å². The summed E-state index contributed by atoms with van der Waals surface area (Å²) in [6, 6.07) is 0.259. The van der Waals surface area contributed by atoms with Gasteiger partial charge in [0.1, 0.15) is 0 Å². The van der Waals surface area contributed by atoms with Gasteiger partial charge in [0.25, 0.3) is 0 Å². The molecule has 2 unspecified atom stereocenters. The molecule has 1 fully saturated rings. The van der Waals surface area contributed by atoms with Gasteiger partial charge in [-0.25, -0.2) is 5.48 Å². The van der Waals surface area contributed by atoms with Crippen LogP contribution >= 0.6 is 0 Å². The smallest absolute Gasteiger partial charge is 0.0359 e. The molecule has 0 aromatic carbocycles. The van der Waals surface area contributed by atoms with E-state index in [9.17, 15) is 0 Å². The minimum absolute atomic E-state index is 0.259. The van der Waals surface area contributed by atoms with Crippen molar-refractivity contribution in [1.82, 2.24) is 5.48 Å². The summed E-state index contributed by atoms with van der Waals surface area (Å²) in [7, 11) is 0. The zero-order chi connectivity index (χ0) is 6.69. The Hall–Kier alpha value is -0.120. The molecule has 0 aromatic rings. The van der Waals surface area contributed by atoms with E-state index in [2.05, 4.69) is 5.48 Å². The van der Waals surface area contributed by atoms with Gasteiger partial charge >= 0.3 is 0 Å². The monoisotopic (exact) mass is 130 g/mol. The number of hydroxylamine groups is 1. The maximum atomic E-state index is 8.56. The summed E-state index contributed by atoms with van der Waals surface area (Å²) in [5.74, 6) is 0.495. The van der Waals surface area contributed by atoms with Gasteiger partial charge < -0.3 is 10.9 Å². The Labute approximate surface area is 55.2 Å². The molecule has 1 rings (SSSR count). The van der Waals surface area contributed by atoms with E-state index in [0.717, 1.165) is 12.8 Å². The summed E-state index contributed by atoms with van der Waals surface area (Å²) in [5.41, 5.74) is 7.73. The molecule has 0 amide bonds. The van der Waals surface area contributed by atoms with E-state index in [1.54, 1.807) is 0 Å². The van der Waals surface area contributed by atoms with E-state index in [4.69, 9.17) is 10.9 Å². The predicted octanol–water partition coefficient (Wildman–Crippen LogP) is 0.0926. The van der Waals surface area contributed by atoms with Crippen LogP contribution < -0.4 is 11.2 Å². The van der Waals surface area contributed by atoms with Gasteiger partial charge in [-0.05, 0) is 25.3 Å². The van der Waals surface area contributed by atoms with Gasteiger partial charge in [0.2, 0.25) is 0 Å². The topological polar surface area (TPSA) is 58.3 Å². The van der Waals surface area contributed by atoms with Gasteiger partial charge in [-0.1, -0.05) is 6.42 Å². The average molecular weight is 130 g/mol. The second-order valence-electron chi connectivity index (χ2n) is 2.66. The zero-order valence-corrected chi connectivity index (χ0v) is 5.51. The predicted molar refractivity (Wildman–Crippen MR) is 35.1 cm³/mol. The molecule has 3 nitrogen and oxygen atoms in total. The fourth-order valence-corrected chi connectivity index (χ4v) is 1.49. The molecule has 1 aliphatic rings. The van der Waals surface area contributed by atoms with Gasteiger partial charge in [-0.15, -0.1) is 0 Å². The normalized spacial score (nSPS) is 35.3. The molecule has 0 aliphatic heterocycles.